The highest BCUT2D eigenvalue weighted by molar-refractivity contribution is 7.89. The van der Waals surface area contributed by atoms with E-state index in [1.807, 2.05) is 0 Å². The molecule has 0 aliphatic rings. The van der Waals surface area contributed by atoms with E-state index in [9.17, 15) is 17.6 Å². The molecule has 0 radical (unpaired) electrons. The molecule has 1 rings (SSSR count). The summed E-state index contributed by atoms with van der Waals surface area (Å²) in [6.45, 7) is 1.40. The zero-order valence-corrected chi connectivity index (χ0v) is 9.87. The van der Waals surface area contributed by atoms with Crippen molar-refractivity contribution in [3.05, 3.63) is 30.1 Å². The van der Waals surface area contributed by atoms with Gasteiger partial charge in [-0.3, -0.25) is 4.79 Å². The van der Waals surface area contributed by atoms with Crippen LogP contribution in [-0.2, 0) is 14.8 Å². The molecule has 1 unspecified atom stereocenters. The van der Waals surface area contributed by atoms with Gasteiger partial charge in [-0.2, -0.15) is 0 Å². The van der Waals surface area contributed by atoms with Crippen LogP contribution >= 0.6 is 0 Å². The minimum atomic E-state index is -4.02. The third kappa shape index (κ3) is 3.79. The largest absolute Gasteiger partial charge is 0.481 e. The topological polar surface area (TPSA) is 83.5 Å². The number of benzene rings is 1. The molecule has 1 atom stereocenters. The van der Waals surface area contributed by atoms with Crippen LogP contribution < -0.4 is 4.72 Å². The Morgan fingerprint density at radius 2 is 2.06 bits per heavy atom. The fourth-order valence-corrected chi connectivity index (χ4v) is 2.62. The molecule has 7 heteroatoms. The Bertz CT molecular complexity index is 515. The number of sulfonamides is 1. The van der Waals surface area contributed by atoms with Gasteiger partial charge in [0.05, 0.1) is 6.42 Å². The van der Waals surface area contributed by atoms with E-state index in [4.69, 9.17) is 5.11 Å². The molecule has 0 aliphatic heterocycles. The predicted molar refractivity (Wildman–Crippen MR) is 58.4 cm³/mol. The molecule has 0 aromatic heterocycles. The monoisotopic (exact) mass is 261 g/mol. The van der Waals surface area contributed by atoms with Crippen molar-refractivity contribution in [3.8, 4) is 0 Å². The molecule has 0 spiro atoms. The van der Waals surface area contributed by atoms with Crippen molar-refractivity contribution >= 4 is 16.0 Å². The van der Waals surface area contributed by atoms with E-state index >= 15 is 0 Å². The van der Waals surface area contributed by atoms with E-state index in [2.05, 4.69) is 4.72 Å². The number of halogens is 1. The molecular weight excluding hydrogens is 249 g/mol. The first-order valence-corrected chi connectivity index (χ1v) is 6.30. The molecule has 0 heterocycles. The lowest BCUT2D eigenvalue weighted by atomic mass is 10.3. The molecule has 5 nitrogen and oxygen atoms in total. The zero-order valence-electron chi connectivity index (χ0n) is 9.05. The summed E-state index contributed by atoms with van der Waals surface area (Å²) in [5, 5.41) is 8.50. The van der Waals surface area contributed by atoms with Gasteiger partial charge in [0.1, 0.15) is 10.7 Å². The zero-order chi connectivity index (χ0) is 13.1. The lowest BCUT2D eigenvalue weighted by molar-refractivity contribution is -0.137. The smallest absolute Gasteiger partial charge is 0.304 e. The molecule has 0 aliphatic carbocycles. The Balaban J connectivity index is 2.90. The van der Waals surface area contributed by atoms with Crippen molar-refractivity contribution in [1.82, 2.24) is 4.72 Å². The van der Waals surface area contributed by atoms with E-state index in [-0.39, 0.29) is 6.42 Å². The second-order valence-corrected chi connectivity index (χ2v) is 5.23. The van der Waals surface area contributed by atoms with Crippen LogP contribution in [0.15, 0.2) is 29.2 Å². The summed E-state index contributed by atoms with van der Waals surface area (Å²) in [4.78, 5) is 9.90. The third-order valence-electron chi connectivity index (χ3n) is 1.96. The van der Waals surface area contributed by atoms with E-state index < -0.39 is 32.7 Å². The molecule has 94 valence electrons. The van der Waals surface area contributed by atoms with Crippen LogP contribution in [0.5, 0.6) is 0 Å². The first-order chi connectivity index (χ1) is 7.83. The Labute approximate surface area is 98.3 Å². The Morgan fingerprint density at radius 1 is 1.47 bits per heavy atom. The fraction of sp³-hybridized carbons (Fsp3) is 0.300. The normalized spacial score (nSPS) is 13.3. The Hall–Kier alpha value is -1.47. The average molecular weight is 261 g/mol. The lowest BCUT2D eigenvalue weighted by Gasteiger charge is -2.12. The van der Waals surface area contributed by atoms with Gasteiger partial charge in [-0.15, -0.1) is 0 Å². The summed E-state index contributed by atoms with van der Waals surface area (Å²) in [5.74, 6) is -2.00. The molecule has 0 fully saturated rings. The molecule has 1 aromatic carbocycles. The quantitative estimate of drug-likeness (QED) is 0.827. The second kappa shape index (κ2) is 5.24. The van der Waals surface area contributed by atoms with Crippen LogP contribution in [0.1, 0.15) is 13.3 Å². The first kappa shape index (κ1) is 13.6. The lowest BCUT2D eigenvalue weighted by Crippen LogP contribution is -2.34. The molecular formula is C10H12FNO4S. The van der Waals surface area contributed by atoms with Gasteiger partial charge in [0, 0.05) is 6.04 Å². The van der Waals surface area contributed by atoms with Gasteiger partial charge in [0.2, 0.25) is 10.0 Å². The number of carboxylic acids is 1. The molecule has 0 saturated carbocycles. The van der Waals surface area contributed by atoms with E-state index in [1.165, 1.54) is 19.1 Å². The van der Waals surface area contributed by atoms with Gasteiger partial charge in [-0.05, 0) is 19.1 Å². The summed E-state index contributed by atoms with van der Waals surface area (Å²) in [6.07, 6.45) is -0.367. The van der Waals surface area contributed by atoms with Crippen LogP contribution in [0.4, 0.5) is 4.39 Å². The highest BCUT2D eigenvalue weighted by Gasteiger charge is 2.21. The minimum Gasteiger partial charge on any atom is -0.481 e. The van der Waals surface area contributed by atoms with Crippen molar-refractivity contribution < 1.29 is 22.7 Å². The van der Waals surface area contributed by atoms with Crippen LogP contribution in [0.3, 0.4) is 0 Å². The third-order valence-corrected chi connectivity index (χ3v) is 3.59. The molecule has 0 saturated heterocycles. The standard InChI is InChI=1S/C10H12FNO4S/c1-7(6-10(13)14)12-17(15,16)9-5-3-2-4-8(9)11/h2-5,7,12H,6H2,1H3,(H,13,14). The minimum absolute atomic E-state index is 0.367. The number of carboxylic acid groups (broad SMARTS) is 1. The number of hydrogen-bond donors (Lipinski definition) is 2. The van der Waals surface area contributed by atoms with E-state index in [0.717, 1.165) is 12.1 Å². The highest BCUT2D eigenvalue weighted by atomic mass is 32.2. The SMILES string of the molecule is CC(CC(=O)O)NS(=O)(=O)c1ccccc1F. The van der Waals surface area contributed by atoms with Gasteiger partial charge in [-0.1, -0.05) is 12.1 Å². The fourth-order valence-electron chi connectivity index (χ4n) is 1.29. The predicted octanol–water partition coefficient (Wildman–Crippen LogP) is 0.967. The highest BCUT2D eigenvalue weighted by Crippen LogP contribution is 2.13. The molecule has 1 aromatic rings. The maximum absolute atomic E-state index is 13.3. The van der Waals surface area contributed by atoms with Gasteiger partial charge in [0.25, 0.3) is 0 Å². The number of carbonyl (C=O) groups is 1. The maximum Gasteiger partial charge on any atom is 0.304 e. The van der Waals surface area contributed by atoms with Gasteiger partial charge < -0.3 is 5.11 Å². The maximum atomic E-state index is 13.3. The van der Waals surface area contributed by atoms with Gasteiger partial charge in [-0.25, -0.2) is 17.5 Å². The van der Waals surface area contributed by atoms with E-state index in [1.54, 1.807) is 0 Å². The van der Waals surface area contributed by atoms with Crippen molar-refractivity contribution in [2.45, 2.75) is 24.3 Å². The number of nitrogens with one attached hydrogen (secondary N) is 1. The van der Waals surface area contributed by atoms with Gasteiger partial charge >= 0.3 is 5.97 Å². The summed E-state index contributed by atoms with van der Waals surface area (Å²) >= 11 is 0. The average Bonchev–Trinajstić information content (AvgIpc) is 2.15. The van der Waals surface area contributed by atoms with Crippen LogP contribution in [0, 0.1) is 5.82 Å². The summed E-state index contributed by atoms with van der Waals surface area (Å²) in [5.41, 5.74) is 0. The van der Waals surface area contributed by atoms with Crippen LogP contribution in [0.25, 0.3) is 0 Å². The van der Waals surface area contributed by atoms with Crippen molar-refractivity contribution in [2.75, 3.05) is 0 Å². The number of aliphatic carboxylic acids is 1. The molecule has 0 bridgehead atoms. The summed E-state index contributed by atoms with van der Waals surface area (Å²) < 4.78 is 38.8. The van der Waals surface area contributed by atoms with Crippen molar-refractivity contribution in [2.24, 2.45) is 0 Å². The number of hydrogen-bond acceptors (Lipinski definition) is 3. The van der Waals surface area contributed by atoms with Crippen molar-refractivity contribution in [3.63, 3.8) is 0 Å². The van der Waals surface area contributed by atoms with Gasteiger partial charge in [0.15, 0.2) is 0 Å². The summed E-state index contributed by atoms with van der Waals surface area (Å²) in [6, 6.07) is 4.09. The Morgan fingerprint density at radius 3 is 2.59 bits per heavy atom. The first-order valence-electron chi connectivity index (χ1n) is 4.81. The van der Waals surface area contributed by atoms with Crippen molar-refractivity contribution in [1.29, 1.82) is 0 Å². The molecule has 17 heavy (non-hydrogen) atoms. The second-order valence-electron chi connectivity index (χ2n) is 3.55. The molecule has 2 N–H and O–H groups in total. The van der Waals surface area contributed by atoms with Crippen LogP contribution in [-0.4, -0.2) is 25.5 Å². The summed E-state index contributed by atoms with van der Waals surface area (Å²) in [7, 11) is -4.02. The Kier molecular flexibility index (Phi) is 4.19. The van der Waals surface area contributed by atoms with Crippen LogP contribution in [0.2, 0.25) is 0 Å². The molecule has 0 amide bonds. The number of rotatable bonds is 5. The van der Waals surface area contributed by atoms with E-state index in [0.29, 0.717) is 0 Å².